The molecular formula is C19H15Br2NO. The number of ether oxygens (including phenoxy) is 1. The molecule has 3 aromatic carbocycles. The van der Waals surface area contributed by atoms with Gasteiger partial charge in [-0.15, -0.1) is 0 Å². The molecule has 0 aromatic heterocycles. The van der Waals surface area contributed by atoms with Gasteiger partial charge >= 0.3 is 0 Å². The van der Waals surface area contributed by atoms with Crippen molar-refractivity contribution in [1.82, 2.24) is 0 Å². The monoisotopic (exact) mass is 431 g/mol. The Hall–Kier alpha value is -1.78. The zero-order chi connectivity index (χ0) is 16.2. The Bertz CT molecular complexity index is 740. The predicted octanol–water partition coefficient (Wildman–Crippen LogP) is 6.69. The van der Waals surface area contributed by atoms with Crippen LogP contribution in [0, 0.1) is 0 Å². The fourth-order valence-corrected chi connectivity index (χ4v) is 2.95. The number of para-hydroxylation sites is 2. The maximum absolute atomic E-state index is 5.56. The highest BCUT2D eigenvalue weighted by Crippen LogP contribution is 2.40. The number of halogens is 2. The van der Waals surface area contributed by atoms with Crippen LogP contribution in [0.25, 0.3) is 0 Å². The smallest absolute Gasteiger partial charge is 0.142 e. The summed E-state index contributed by atoms with van der Waals surface area (Å²) in [6.07, 6.45) is 0. The van der Waals surface area contributed by atoms with E-state index >= 15 is 0 Å². The summed E-state index contributed by atoms with van der Waals surface area (Å²) < 4.78 is 7.66. The fraction of sp³-hybridized carbons (Fsp3) is 0.0526. The van der Waals surface area contributed by atoms with E-state index in [0.29, 0.717) is 0 Å². The topological polar surface area (TPSA) is 12.5 Å². The summed E-state index contributed by atoms with van der Waals surface area (Å²) in [4.78, 5) is 2.18. The van der Waals surface area contributed by atoms with Crippen molar-refractivity contribution in [3.05, 3.63) is 81.7 Å². The molecule has 3 aromatic rings. The molecule has 0 unspecified atom stereocenters. The standard InChI is InChI=1S/C19H15Br2NO/c1-23-19-5-3-2-4-18(19)22(16-10-6-14(20)7-11-16)17-12-8-15(21)9-13-17/h2-13H,1H3. The summed E-state index contributed by atoms with van der Waals surface area (Å²) in [6.45, 7) is 0. The zero-order valence-corrected chi connectivity index (χ0v) is 15.7. The van der Waals surface area contributed by atoms with Crippen molar-refractivity contribution in [2.75, 3.05) is 12.0 Å². The second-order valence-electron chi connectivity index (χ2n) is 4.96. The van der Waals surface area contributed by atoms with Crippen LogP contribution in [0.1, 0.15) is 0 Å². The van der Waals surface area contributed by atoms with Gasteiger partial charge in [0.2, 0.25) is 0 Å². The third-order valence-electron chi connectivity index (χ3n) is 3.50. The van der Waals surface area contributed by atoms with E-state index in [1.165, 1.54) is 0 Å². The average Bonchev–Trinajstić information content (AvgIpc) is 2.59. The van der Waals surface area contributed by atoms with Crippen molar-refractivity contribution >= 4 is 48.9 Å². The predicted molar refractivity (Wildman–Crippen MR) is 103 cm³/mol. The molecule has 0 fully saturated rings. The Morgan fingerprint density at radius 2 is 1.17 bits per heavy atom. The summed E-state index contributed by atoms with van der Waals surface area (Å²) in [6, 6.07) is 24.5. The van der Waals surface area contributed by atoms with Gasteiger partial charge in [-0.1, -0.05) is 44.0 Å². The van der Waals surface area contributed by atoms with Crippen molar-refractivity contribution in [1.29, 1.82) is 0 Å². The maximum Gasteiger partial charge on any atom is 0.142 e. The number of nitrogens with zero attached hydrogens (tertiary/aromatic N) is 1. The minimum atomic E-state index is 0.832. The molecule has 116 valence electrons. The van der Waals surface area contributed by atoms with Crippen LogP contribution in [0.4, 0.5) is 17.1 Å². The molecule has 0 saturated heterocycles. The van der Waals surface area contributed by atoms with E-state index in [1.807, 2.05) is 42.5 Å². The summed E-state index contributed by atoms with van der Waals surface area (Å²) in [7, 11) is 1.69. The van der Waals surface area contributed by atoms with E-state index in [-0.39, 0.29) is 0 Å². The molecule has 0 atom stereocenters. The summed E-state index contributed by atoms with van der Waals surface area (Å²) in [5.41, 5.74) is 3.14. The Kier molecular flexibility index (Phi) is 5.03. The second-order valence-corrected chi connectivity index (χ2v) is 6.79. The van der Waals surface area contributed by atoms with Crippen LogP contribution in [-0.2, 0) is 0 Å². The quantitative estimate of drug-likeness (QED) is 0.455. The highest BCUT2D eigenvalue weighted by atomic mass is 79.9. The Morgan fingerprint density at radius 3 is 1.65 bits per heavy atom. The summed E-state index contributed by atoms with van der Waals surface area (Å²) in [5, 5.41) is 0. The second kappa shape index (κ2) is 7.20. The normalized spacial score (nSPS) is 10.4. The van der Waals surface area contributed by atoms with Crippen LogP contribution in [0.2, 0.25) is 0 Å². The molecule has 23 heavy (non-hydrogen) atoms. The maximum atomic E-state index is 5.56. The lowest BCUT2D eigenvalue weighted by molar-refractivity contribution is 0.416. The Labute approximate surface area is 153 Å². The van der Waals surface area contributed by atoms with E-state index in [2.05, 4.69) is 67.1 Å². The first-order valence-corrected chi connectivity index (χ1v) is 8.72. The van der Waals surface area contributed by atoms with Crippen molar-refractivity contribution < 1.29 is 4.74 Å². The number of rotatable bonds is 4. The van der Waals surface area contributed by atoms with Gasteiger partial charge in [0.1, 0.15) is 5.75 Å². The molecule has 2 nitrogen and oxygen atoms in total. The van der Waals surface area contributed by atoms with Gasteiger partial charge in [0, 0.05) is 20.3 Å². The molecule has 0 spiro atoms. The molecule has 0 heterocycles. The first-order valence-electron chi connectivity index (χ1n) is 7.13. The van der Waals surface area contributed by atoms with Gasteiger partial charge in [-0.25, -0.2) is 0 Å². The molecule has 4 heteroatoms. The van der Waals surface area contributed by atoms with Crippen LogP contribution in [-0.4, -0.2) is 7.11 Å². The van der Waals surface area contributed by atoms with Crippen LogP contribution in [0.5, 0.6) is 5.75 Å². The molecule has 0 saturated carbocycles. The zero-order valence-electron chi connectivity index (χ0n) is 12.5. The van der Waals surface area contributed by atoms with Crippen LogP contribution < -0.4 is 9.64 Å². The van der Waals surface area contributed by atoms with Gasteiger partial charge in [-0.3, -0.25) is 0 Å². The number of hydrogen-bond donors (Lipinski definition) is 0. The lowest BCUT2D eigenvalue weighted by Crippen LogP contribution is -2.11. The van der Waals surface area contributed by atoms with Gasteiger partial charge in [0.25, 0.3) is 0 Å². The van der Waals surface area contributed by atoms with Gasteiger partial charge in [-0.05, 0) is 60.7 Å². The van der Waals surface area contributed by atoms with Crippen molar-refractivity contribution in [2.24, 2.45) is 0 Å². The Morgan fingerprint density at radius 1 is 0.696 bits per heavy atom. The number of anilines is 3. The number of hydrogen-bond acceptors (Lipinski definition) is 2. The molecule has 0 bridgehead atoms. The Balaban J connectivity index is 2.17. The van der Waals surface area contributed by atoms with E-state index < -0.39 is 0 Å². The third-order valence-corrected chi connectivity index (χ3v) is 4.55. The first kappa shape index (κ1) is 16.1. The molecular weight excluding hydrogens is 418 g/mol. The van der Waals surface area contributed by atoms with E-state index in [1.54, 1.807) is 7.11 Å². The van der Waals surface area contributed by atoms with Crippen molar-refractivity contribution in [3.8, 4) is 5.75 Å². The lowest BCUT2D eigenvalue weighted by Gasteiger charge is -2.27. The van der Waals surface area contributed by atoms with E-state index in [0.717, 1.165) is 31.8 Å². The molecule has 3 rings (SSSR count). The van der Waals surface area contributed by atoms with Crippen LogP contribution in [0.3, 0.4) is 0 Å². The largest absolute Gasteiger partial charge is 0.495 e. The highest BCUT2D eigenvalue weighted by molar-refractivity contribution is 9.10. The van der Waals surface area contributed by atoms with Crippen LogP contribution >= 0.6 is 31.9 Å². The average molecular weight is 433 g/mol. The van der Waals surface area contributed by atoms with Gasteiger partial charge in [-0.2, -0.15) is 0 Å². The number of benzene rings is 3. The summed E-state index contributed by atoms with van der Waals surface area (Å²) >= 11 is 6.99. The third kappa shape index (κ3) is 3.59. The molecule has 0 radical (unpaired) electrons. The van der Waals surface area contributed by atoms with Crippen molar-refractivity contribution in [3.63, 3.8) is 0 Å². The van der Waals surface area contributed by atoms with E-state index in [9.17, 15) is 0 Å². The molecule has 0 amide bonds. The summed E-state index contributed by atoms with van der Waals surface area (Å²) in [5.74, 6) is 0.832. The SMILES string of the molecule is COc1ccccc1N(c1ccc(Br)cc1)c1ccc(Br)cc1. The van der Waals surface area contributed by atoms with E-state index in [4.69, 9.17) is 4.74 Å². The fourth-order valence-electron chi connectivity index (χ4n) is 2.42. The van der Waals surface area contributed by atoms with Gasteiger partial charge < -0.3 is 9.64 Å². The van der Waals surface area contributed by atoms with Gasteiger partial charge in [0.15, 0.2) is 0 Å². The first-order chi connectivity index (χ1) is 11.2. The molecule has 0 aliphatic heterocycles. The lowest BCUT2D eigenvalue weighted by atomic mass is 10.2. The number of methoxy groups -OCH3 is 1. The molecule has 0 aliphatic rings. The minimum absolute atomic E-state index is 0.832. The van der Waals surface area contributed by atoms with Crippen LogP contribution in [0.15, 0.2) is 81.7 Å². The van der Waals surface area contributed by atoms with Crippen molar-refractivity contribution in [2.45, 2.75) is 0 Å². The minimum Gasteiger partial charge on any atom is -0.495 e. The van der Waals surface area contributed by atoms with Gasteiger partial charge in [0.05, 0.1) is 12.8 Å². The molecule has 0 N–H and O–H groups in total. The molecule has 0 aliphatic carbocycles. The highest BCUT2D eigenvalue weighted by Gasteiger charge is 2.16.